The van der Waals surface area contributed by atoms with E-state index in [2.05, 4.69) is 0 Å². The van der Waals surface area contributed by atoms with Crippen LogP contribution in [0.15, 0.2) is 60.7 Å². The van der Waals surface area contributed by atoms with Gasteiger partial charge in [0.05, 0.1) is 26.1 Å². The Morgan fingerprint density at radius 2 is 1.56 bits per heavy atom. The minimum atomic E-state index is -3.82. The summed E-state index contributed by atoms with van der Waals surface area (Å²) >= 11 is 0. The Labute approximate surface area is 200 Å². The fraction of sp³-hybridized carbons (Fsp3) is 0.458. The third kappa shape index (κ3) is 7.33. The SMILES string of the molecule is CO[C@@H]1O[C@@](COCc2ccccc2)(COS(C)(=O)=O)[C@@H](OCc2ccccc2)[C@H]1OC(C)=O. The van der Waals surface area contributed by atoms with Gasteiger partial charge in [-0.2, -0.15) is 8.42 Å². The molecule has 1 aliphatic rings. The molecule has 3 rings (SSSR count). The van der Waals surface area contributed by atoms with Crippen molar-refractivity contribution in [1.29, 1.82) is 0 Å². The summed E-state index contributed by atoms with van der Waals surface area (Å²) in [5.41, 5.74) is 0.349. The van der Waals surface area contributed by atoms with Crippen molar-refractivity contribution in [2.24, 2.45) is 0 Å². The number of carbonyl (C=O) groups excluding carboxylic acids is 1. The highest BCUT2D eigenvalue weighted by Gasteiger charge is 2.59. The lowest BCUT2D eigenvalue weighted by atomic mass is 9.96. The van der Waals surface area contributed by atoms with Crippen molar-refractivity contribution >= 4 is 16.1 Å². The maximum absolute atomic E-state index is 11.9. The molecule has 4 atom stereocenters. The first-order chi connectivity index (χ1) is 16.2. The van der Waals surface area contributed by atoms with Crippen LogP contribution in [-0.2, 0) is 56.0 Å². The molecular formula is C24H30O9S. The molecular weight excluding hydrogens is 464 g/mol. The molecule has 0 aromatic heterocycles. The van der Waals surface area contributed by atoms with Gasteiger partial charge in [-0.25, -0.2) is 0 Å². The van der Waals surface area contributed by atoms with E-state index in [1.165, 1.54) is 14.0 Å². The van der Waals surface area contributed by atoms with E-state index in [0.717, 1.165) is 17.4 Å². The van der Waals surface area contributed by atoms with E-state index in [-0.39, 0.29) is 19.8 Å². The van der Waals surface area contributed by atoms with Gasteiger partial charge >= 0.3 is 5.97 Å². The molecule has 0 N–H and O–H groups in total. The van der Waals surface area contributed by atoms with Crippen molar-refractivity contribution in [3.05, 3.63) is 71.8 Å². The van der Waals surface area contributed by atoms with E-state index < -0.39 is 46.8 Å². The molecule has 2 aromatic carbocycles. The smallest absolute Gasteiger partial charge is 0.303 e. The summed E-state index contributed by atoms with van der Waals surface area (Å²) in [6.07, 6.45) is -2.00. The van der Waals surface area contributed by atoms with E-state index in [4.69, 9.17) is 27.9 Å². The fourth-order valence-electron chi connectivity index (χ4n) is 3.70. The molecule has 1 fully saturated rings. The second-order valence-corrected chi connectivity index (χ2v) is 9.67. The Morgan fingerprint density at radius 1 is 0.971 bits per heavy atom. The Balaban J connectivity index is 1.89. The van der Waals surface area contributed by atoms with Gasteiger partial charge in [-0.15, -0.1) is 0 Å². The Bertz CT molecular complexity index is 1010. The van der Waals surface area contributed by atoms with Crippen LogP contribution in [0.4, 0.5) is 0 Å². The zero-order valence-corrected chi connectivity index (χ0v) is 20.2. The largest absolute Gasteiger partial charge is 0.454 e. The average Bonchev–Trinajstić information content (AvgIpc) is 3.09. The first-order valence-electron chi connectivity index (χ1n) is 10.7. The molecule has 186 valence electrons. The first-order valence-corrected chi connectivity index (χ1v) is 12.5. The van der Waals surface area contributed by atoms with Crippen molar-refractivity contribution in [2.45, 2.75) is 44.2 Å². The molecule has 1 saturated heterocycles. The third-order valence-corrected chi connectivity index (χ3v) is 5.76. The van der Waals surface area contributed by atoms with E-state index >= 15 is 0 Å². The standard InChI is InChI=1S/C24H30O9S/c1-18(25)32-21-22(30-15-20-12-8-5-9-13-20)24(33-23(21)28-2,17-31-34(3,26)27)16-29-14-19-10-6-4-7-11-19/h4-13,21-23H,14-17H2,1-3H3/t21-,22+,23-,24+/m1/s1. The summed E-state index contributed by atoms with van der Waals surface area (Å²) in [7, 11) is -2.43. The molecule has 2 aromatic rings. The molecule has 0 unspecified atom stereocenters. The second kappa shape index (κ2) is 11.9. The van der Waals surface area contributed by atoms with Gasteiger partial charge in [0.2, 0.25) is 0 Å². The van der Waals surface area contributed by atoms with Crippen molar-refractivity contribution in [3.63, 3.8) is 0 Å². The van der Waals surface area contributed by atoms with Crippen molar-refractivity contribution < 1.29 is 41.1 Å². The topological polar surface area (TPSA) is 107 Å². The van der Waals surface area contributed by atoms with Gasteiger partial charge in [-0.05, 0) is 11.1 Å². The van der Waals surface area contributed by atoms with Crippen molar-refractivity contribution in [3.8, 4) is 0 Å². The summed E-state index contributed by atoms with van der Waals surface area (Å²) in [5, 5.41) is 0. The van der Waals surface area contributed by atoms with Crippen LogP contribution < -0.4 is 0 Å². The summed E-state index contributed by atoms with van der Waals surface area (Å²) < 4.78 is 58.0. The number of hydrogen-bond donors (Lipinski definition) is 0. The molecule has 0 bridgehead atoms. The zero-order valence-electron chi connectivity index (χ0n) is 19.4. The van der Waals surface area contributed by atoms with Gasteiger partial charge in [-0.3, -0.25) is 8.98 Å². The summed E-state index contributed by atoms with van der Waals surface area (Å²) in [6, 6.07) is 18.8. The minimum Gasteiger partial charge on any atom is -0.454 e. The summed E-state index contributed by atoms with van der Waals surface area (Å²) in [4.78, 5) is 11.9. The maximum atomic E-state index is 11.9. The second-order valence-electron chi connectivity index (χ2n) is 8.02. The molecule has 9 nitrogen and oxygen atoms in total. The highest BCUT2D eigenvalue weighted by molar-refractivity contribution is 7.85. The van der Waals surface area contributed by atoms with Gasteiger partial charge < -0.3 is 23.7 Å². The van der Waals surface area contributed by atoms with E-state index in [1.54, 1.807) is 0 Å². The molecule has 0 saturated carbocycles. The number of ether oxygens (including phenoxy) is 5. The van der Waals surface area contributed by atoms with Gasteiger partial charge in [0.15, 0.2) is 12.4 Å². The molecule has 1 heterocycles. The van der Waals surface area contributed by atoms with Gasteiger partial charge in [0, 0.05) is 14.0 Å². The molecule has 0 aliphatic carbocycles. The monoisotopic (exact) mass is 494 g/mol. The molecule has 10 heteroatoms. The third-order valence-electron chi connectivity index (χ3n) is 5.22. The molecule has 0 radical (unpaired) electrons. The van der Waals surface area contributed by atoms with E-state index in [0.29, 0.717) is 0 Å². The summed E-state index contributed by atoms with van der Waals surface area (Å²) in [5.74, 6) is -0.561. The molecule has 0 spiro atoms. The quantitative estimate of drug-likeness (QED) is 0.325. The molecule has 0 amide bonds. The lowest BCUT2D eigenvalue weighted by molar-refractivity contribution is -0.208. The van der Waals surface area contributed by atoms with Gasteiger partial charge in [0.25, 0.3) is 10.1 Å². The average molecular weight is 495 g/mol. The van der Waals surface area contributed by atoms with Crippen LogP contribution in [0.25, 0.3) is 0 Å². The Kier molecular flexibility index (Phi) is 9.17. The van der Waals surface area contributed by atoms with Gasteiger partial charge in [0.1, 0.15) is 18.3 Å². The molecule has 1 aliphatic heterocycles. The van der Waals surface area contributed by atoms with Crippen LogP contribution in [-0.4, -0.2) is 65.1 Å². The highest BCUT2D eigenvalue weighted by atomic mass is 32.2. The lowest BCUT2D eigenvalue weighted by Gasteiger charge is -2.34. The van der Waals surface area contributed by atoms with Crippen molar-refractivity contribution in [2.75, 3.05) is 26.6 Å². The normalized spacial score (nSPS) is 24.7. The number of hydrogen-bond acceptors (Lipinski definition) is 9. The van der Waals surface area contributed by atoms with E-state index in [1.807, 2.05) is 60.7 Å². The number of methoxy groups -OCH3 is 1. The lowest BCUT2D eigenvalue weighted by Crippen LogP contribution is -2.53. The zero-order chi connectivity index (χ0) is 24.6. The fourth-order valence-corrected chi connectivity index (χ4v) is 4.12. The van der Waals surface area contributed by atoms with Gasteiger partial charge in [-0.1, -0.05) is 60.7 Å². The highest BCUT2D eigenvalue weighted by Crippen LogP contribution is 2.38. The van der Waals surface area contributed by atoms with Crippen LogP contribution in [0.5, 0.6) is 0 Å². The maximum Gasteiger partial charge on any atom is 0.303 e. The number of rotatable bonds is 12. The number of benzene rings is 2. The Morgan fingerprint density at radius 3 is 2.09 bits per heavy atom. The van der Waals surface area contributed by atoms with Crippen LogP contribution in [0.3, 0.4) is 0 Å². The Hall–Kier alpha value is -2.34. The predicted octanol–water partition coefficient (Wildman–Crippen LogP) is 2.44. The minimum absolute atomic E-state index is 0.103. The predicted molar refractivity (Wildman–Crippen MR) is 122 cm³/mol. The van der Waals surface area contributed by atoms with Crippen LogP contribution in [0, 0.1) is 0 Å². The van der Waals surface area contributed by atoms with Crippen LogP contribution >= 0.6 is 0 Å². The molecule has 34 heavy (non-hydrogen) atoms. The summed E-state index contributed by atoms with van der Waals surface area (Å²) in [6.45, 7) is 1.14. The number of carbonyl (C=O) groups is 1. The number of esters is 1. The van der Waals surface area contributed by atoms with Crippen LogP contribution in [0.2, 0.25) is 0 Å². The van der Waals surface area contributed by atoms with E-state index in [9.17, 15) is 13.2 Å². The van der Waals surface area contributed by atoms with Crippen molar-refractivity contribution in [1.82, 2.24) is 0 Å². The first kappa shape index (κ1) is 26.3. The van der Waals surface area contributed by atoms with Crippen LogP contribution in [0.1, 0.15) is 18.1 Å².